The summed E-state index contributed by atoms with van der Waals surface area (Å²) in [7, 11) is 0. The molecule has 3 rings (SSSR count). The van der Waals surface area contributed by atoms with Crippen LogP contribution in [0.4, 0.5) is 10.1 Å². The lowest BCUT2D eigenvalue weighted by molar-refractivity contribution is 0.296. The first-order valence-electron chi connectivity index (χ1n) is 6.68. The van der Waals surface area contributed by atoms with E-state index in [4.69, 9.17) is 32.5 Å². The molecular formula is C13H10Cl2FN5O2S. The second-order valence-corrected chi connectivity index (χ2v) is 5.69. The predicted molar refractivity (Wildman–Crippen MR) is 89.3 cm³/mol. The van der Waals surface area contributed by atoms with Crippen LogP contribution in [0.3, 0.4) is 0 Å². The van der Waals surface area contributed by atoms with Crippen molar-refractivity contribution >= 4 is 46.7 Å². The molecule has 0 unspecified atom stereocenters. The molecule has 0 saturated heterocycles. The Kier molecular flexibility index (Phi) is 5.12. The topological polar surface area (TPSA) is 73.6 Å². The van der Waals surface area contributed by atoms with Crippen molar-refractivity contribution in [2.45, 2.75) is 12.1 Å². The number of hydrogen-bond donors (Lipinski definition) is 1. The number of fused-ring (bicyclic) bond motifs is 1. The molecule has 0 aliphatic carbocycles. The summed E-state index contributed by atoms with van der Waals surface area (Å²) in [5.74, 6) is -0.352. The molecule has 0 radical (unpaired) electrons. The Balaban J connectivity index is 1.88. The summed E-state index contributed by atoms with van der Waals surface area (Å²) in [6.45, 7) is 2.08. The second kappa shape index (κ2) is 7.29. The Morgan fingerprint density at radius 3 is 2.96 bits per heavy atom. The number of hydrogen-bond acceptors (Lipinski definition) is 7. The van der Waals surface area contributed by atoms with Gasteiger partial charge in [0.25, 0.3) is 0 Å². The van der Waals surface area contributed by atoms with Gasteiger partial charge in [0.05, 0.1) is 11.6 Å². The minimum atomic E-state index is -0.702. The summed E-state index contributed by atoms with van der Waals surface area (Å²) >= 11 is 12.6. The molecule has 2 aromatic heterocycles. The quantitative estimate of drug-likeness (QED) is 0.504. The van der Waals surface area contributed by atoms with Crippen LogP contribution in [0.5, 0.6) is 11.8 Å². The molecule has 0 spiro atoms. The van der Waals surface area contributed by atoms with E-state index >= 15 is 0 Å². The van der Waals surface area contributed by atoms with Crippen LogP contribution in [0.25, 0.3) is 5.65 Å². The zero-order valence-corrected chi connectivity index (χ0v) is 14.5. The number of para-hydroxylation sites is 1. The maximum atomic E-state index is 13.5. The maximum absolute atomic E-state index is 13.5. The lowest BCUT2D eigenvalue weighted by atomic mass is 10.3. The van der Waals surface area contributed by atoms with Crippen LogP contribution in [0.2, 0.25) is 5.02 Å². The van der Waals surface area contributed by atoms with Crippen molar-refractivity contribution < 1.29 is 13.4 Å². The predicted octanol–water partition coefficient (Wildman–Crippen LogP) is 3.97. The molecule has 24 heavy (non-hydrogen) atoms. The van der Waals surface area contributed by atoms with Crippen LogP contribution in [-0.4, -0.2) is 26.2 Å². The van der Waals surface area contributed by atoms with E-state index < -0.39 is 5.95 Å². The molecule has 0 bridgehead atoms. The van der Waals surface area contributed by atoms with Crippen LogP contribution >= 0.6 is 35.4 Å². The van der Waals surface area contributed by atoms with Crippen LogP contribution < -0.4 is 13.7 Å². The normalized spacial score (nSPS) is 10.8. The summed E-state index contributed by atoms with van der Waals surface area (Å²) in [6.07, 6.45) is 0. The van der Waals surface area contributed by atoms with Gasteiger partial charge in [0.1, 0.15) is 17.6 Å². The highest BCUT2D eigenvalue weighted by molar-refractivity contribution is 8.00. The Labute approximate surface area is 150 Å². The van der Waals surface area contributed by atoms with Gasteiger partial charge in [0.2, 0.25) is 11.1 Å². The van der Waals surface area contributed by atoms with Gasteiger partial charge in [-0.1, -0.05) is 17.7 Å². The highest BCUT2D eigenvalue weighted by Crippen LogP contribution is 2.35. The third-order valence-electron chi connectivity index (χ3n) is 2.82. The summed E-state index contributed by atoms with van der Waals surface area (Å²) in [5.41, 5.74) is 0.732. The minimum absolute atomic E-state index is 0.0226. The van der Waals surface area contributed by atoms with Gasteiger partial charge in [0.15, 0.2) is 11.4 Å². The molecule has 0 amide bonds. The monoisotopic (exact) mass is 389 g/mol. The number of aromatic nitrogens is 4. The van der Waals surface area contributed by atoms with Gasteiger partial charge in [-0.05, 0) is 19.1 Å². The molecule has 2 heterocycles. The van der Waals surface area contributed by atoms with Crippen molar-refractivity contribution in [3.05, 3.63) is 35.2 Å². The van der Waals surface area contributed by atoms with Crippen molar-refractivity contribution in [2.75, 3.05) is 11.3 Å². The fraction of sp³-hybridized carbons (Fsp3) is 0.154. The molecule has 1 N–H and O–H groups in total. The van der Waals surface area contributed by atoms with Crippen molar-refractivity contribution in [3.8, 4) is 11.8 Å². The minimum Gasteiger partial charge on any atom is -0.464 e. The van der Waals surface area contributed by atoms with E-state index in [-0.39, 0.29) is 11.7 Å². The summed E-state index contributed by atoms with van der Waals surface area (Å²) in [4.78, 5) is 7.84. The number of anilines is 1. The molecule has 0 atom stereocenters. The van der Waals surface area contributed by atoms with Crippen LogP contribution in [0, 0.1) is 5.95 Å². The van der Waals surface area contributed by atoms with Crippen LogP contribution in [0.15, 0.2) is 29.4 Å². The standard InChI is InChI=1S/C13H10Cl2FN5O2S/c1-2-22-13-17-9(16)6-10-18-12(19-21(10)13)24-20-11-7(14)4-3-5-8(11)23-15/h3-6,20H,2H2,1H3. The van der Waals surface area contributed by atoms with Gasteiger partial charge in [0, 0.05) is 18.0 Å². The third-order valence-corrected chi connectivity index (χ3v) is 3.96. The van der Waals surface area contributed by atoms with Gasteiger partial charge in [-0.25, -0.2) is 0 Å². The Bertz CT molecular complexity index is 879. The zero-order chi connectivity index (χ0) is 17.1. The largest absolute Gasteiger partial charge is 0.464 e. The molecule has 0 aliphatic heterocycles. The molecule has 0 aliphatic rings. The maximum Gasteiger partial charge on any atom is 0.322 e. The second-order valence-electron chi connectivity index (χ2n) is 4.35. The number of halogens is 3. The average molecular weight is 390 g/mol. The van der Waals surface area contributed by atoms with Crippen LogP contribution in [-0.2, 0) is 0 Å². The van der Waals surface area contributed by atoms with Gasteiger partial charge in [-0.2, -0.15) is 18.9 Å². The van der Waals surface area contributed by atoms with E-state index in [0.29, 0.717) is 28.2 Å². The Hall–Kier alpha value is -1.97. The van der Waals surface area contributed by atoms with Gasteiger partial charge in [-0.3, -0.25) is 0 Å². The molecule has 7 nitrogen and oxygen atoms in total. The molecule has 0 fully saturated rings. The first kappa shape index (κ1) is 16.9. The van der Waals surface area contributed by atoms with Crippen molar-refractivity contribution in [1.82, 2.24) is 19.6 Å². The number of rotatable bonds is 6. The van der Waals surface area contributed by atoms with Gasteiger partial charge in [-0.15, -0.1) is 5.10 Å². The summed E-state index contributed by atoms with van der Waals surface area (Å²) in [6, 6.07) is 6.19. The number of nitrogens with one attached hydrogen (secondary N) is 1. The van der Waals surface area contributed by atoms with E-state index in [1.165, 1.54) is 4.52 Å². The van der Waals surface area contributed by atoms with Gasteiger partial charge < -0.3 is 13.7 Å². The first-order valence-corrected chi connectivity index (χ1v) is 8.18. The van der Waals surface area contributed by atoms with Crippen molar-refractivity contribution in [1.29, 1.82) is 0 Å². The lowest BCUT2D eigenvalue weighted by Gasteiger charge is -2.08. The number of ether oxygens (including phenoxy) is 1. The van der Waals surface area contributed by atoms with Crippen molar-refractivity contribution in [3.63, 3.8) is 0 Å². The first-order chi connectivity index (χ1) is 11.6. The smallest absolute Gasteiger partial charge is 0.322 e. The van der Waals surface area contributed by atoms with E-state index in [0.717, 1.165) is 18.0 Å². The number of benzene rings is 1. The fourth-order valence-corrected chi connectivity index (χ4v) is 2.91. The third kappa shape index (κ3) is 3.42. The van der Waals surface area contributed by atoms with Gasteiger partial charge >= 0.3 is 6.01 Å². The van der Waals surface area contributed by atoms with E-state index in [1.807, 2.05) is 0 Å². The summed E-state index contributed by atoms with van der Waals surface area (Å²) in [5, 5.41) is 4.93. The van der Waals surface area contributed by atoms with Crippen molar-refractivity contribution in [2.24, 2.45) is 0 Å². The average Bonchev–Trinajstić information content (AvgIpc) is 2.96. The molecule has 126 valence electrons. The SMILES string of the molecule is CCOc1nc(F)cc2nc(SNc3c(Cl)cccc3OCl)nn12. The lowest BCUT2D eigenvalue weighted by Crippen LogP contribution is -2.04. The van der Waals surface area contributed by atoms with Crippen LogP contribution in [0.1, 0.15) is 6.92 Å². The Morgan fingerprint density at radius 2 is 2.21 bits per heavy atom. The number of nitrogens with zero attached hydrogens (tertiary/aromatic N) is 4. The molecule has 0 saturated carbocycles. The highest BCUT2D eigenvalue weighted by atomic mass is 35.5. The zero-order valence-electron chi connectivity index (χ0n) is 12.2. The van der Waals surface area contributed by atoms with E-state index in [9.17, 15) is 4.39 Å². The molecule has 3 aromatic rings. The fourth-order valence-electron chi connectivity index (χ4n) is 1.85. The van der Waals surface area contributed by atoms with E-state index in [2.05, 4.69) is 19.8 Å². The summed E-state index contributed by atoms with van der Waals surface area (Å²) < 4.78 is 27.7. The highest BCUT2D eigenvalue weighted by Gasteiger charge is 2.14. The Morgan fingerprint density at radius 1 is 1.38 bits per heavy atom. The molecule has 11 heteroatoms. The molecule has 1 aromatic carbocycles. The molecular weight excluding hydrogens is 380 g/mol. The van der Waals surface area contributed by atoms with E-state index in [1.54, 1.807) is 25.1 Å².